The summed E-state index contributed by atoms with van der Waals surface area (Å²) in [6, 6.07) is 4.01. The minimum Gasteiger partial charge on any atom is -0.381 e. The van der Waals surface area contributed by atoms with E-state index in [1.165, 1.54) is 0 Å². The molecule has 2 aromatic heterocycles. The third-order valence-corrected chi connectivity index (χ3v) is 3.25. The number of rotatable bonds is 4. The Kier molecular flexibility index (Phi) is 3.41. The SMILES string of the molecule is Cc1cc(CNc2cc(C3CCOC3)ncn2)n[nH]1. The molecule has 0 bridgehead atoms. The molecule has 19 heavy (non-hydrogen) atoms. The maximum atomic E-state index is 5.39. The summed E-state index contributed by atoms with van der Waals surface area (Å²) < 4.78 is 5.39. The lowest BCUT2D eigenvalue weighted by molar-refractivity contribution is 0.193. The van der Waals surface area contributed by atoms with Gasteiger partial charge in [-0.15, -0.1) is 0 Å². The summed E-state index contributed by atoms with van der Waals surface area (Å²) >= 11 is 0. The van der Waals surface area contributed by atoms with Crippen LogP contribution in [0.4, 0.5) is 5.82 Å². The molecule has 2 aromatic rings. The highest BCUT2D eigenvalue weighted by atomic mass is 16.5. The summed E-state index contributed by atoms with van der Waals surface area (Å²) in [5.74, 6) is 1.23. The van der Waals surface area contributed by atoms with Gasteiger partial charge in [0, 0.05) is 24.3 Å². The van der Waals surface area contributed by atoms with Crippen LogP contribution in [0.5, 0.6) is 0 Å². The molecule has 0 aliphatic carbocycles. The Morgan fingerprint density at radius 2 is 2.37 bits per heavy atom. The van der Waals surface area contributed by atoms with E-state index in [2.05, 4.69) is 25.5 Å². The van der Waals surface area contributed by atoms with E-state index in [4.69, 9.17) is 4.74 Å². The predicted molar refractivity (Wildman–Crippen MR) is 70.9 cm³/mol. The highest BCUT2D eigenvalue weighted by Crippen LogP contribution is 2.24. The largest absolute Gasteiger partial charge is 0.381 e. The van der Waals surface area contributed by atoms with Crippen LogP contribution in [0.1, 0.15) is 29.4 Å². The van der Waals surface area contributed by atoms with Crippen LogP contribution in [-0.4, -0.2) is 33.4 Å². The number of ether oxygens (including phenoxy) is 1. The number of nitrogens with one attached hydrogen (secondary N) is 2. The fourth-order valence-corrected chi connectivity index (χ4v) is 2.21. The number of H-pyrrole nitrogens is 1. The number of nitrogens with zero attached hydrogens (tertiary/aromatic N) is 3. The van der Waals surface area contributed by atoms with E-state index in [0.717, 1.165) is 42.5 Å². The van der Waals surface area contributed by atoms with Crippen molar-refractivity contribution in [2.75, 3.05) is 18.5 Å². The van der Waals surface area contributed by atoms with Crippen molar-refractivity contribution in [3.05, 3.63) is 35.5 Å². The van der Waals surface area contributed by atoms with Crippen molar-refractivity contribution in [1.29, 1.82) is 0 Å². The molecule has 3 heterocycles. The Hall–Kier alpha value is -1.95. The standard InChI is InChI=1S/C13H17N5O/c1-9-4-11(18-17-9)6-14-13-5-12(15-8-16-13)10-2-3-19-7-10/h4-5,8,10H,2-3,6-7H2,1H3,(H,17,18)(H,14,15,16). The second kappa shape index (κ2) is 5.36. The summed E-state index contributed by atoms with van der Waals surface area (Å²) in [6.45, 7) is 4.22. The van der Waals surface area contributed by atoms with Crippen LogP contribution in [0.25, 0.3) is 0 Å². The molecule has 1 saturated heterocycles. The lowest BCUT2D eigenvalue weighted by Gasteiger charge is -2.09. The minimum atomic E-state index is 0.399. The Bertz CT molecular complexity index is 547. The molecule has 2 N–H and O–H groups in total. The van der Waals surface area contributed by atoms with Crippen LogP contribution >= 0.6 is 0 Å². The van der Waals surface area contributed by atoms with Crippen molar-refractivity contribution in [3.8, 4) is 0 Å². The lowest BCUT2D eigenvalue weighted by atomic mass is 10.1. The molecule has 0 amide bonds. The summed E-state index contributed by atoms with van der Waals surface area (Å²) in [5, 5.41) is 10.4. The fourth-order valence-electron chi connectivity index (χ4n) is 2.21. The van der Waals surface area contributed by atoms with E-state index < -0.39 is 0 Å². The van der Waals surface area contributed by atoms with E-state index in [1.54, 1.807) is 6.33 Å². The van der Waals surface area contributed by atoms with Crippen molar-refractivity contribution in [2.24, 2.45) is 0 Å². The van der Waals surface area contributed by atoms with Gasteiger partial charge in [-0.1, -0.05) is 0 Å². The maximum absolute atomic E-state index is 5.39. The molecule has 1 atom stereocenters. The van der Waals surface area contributed by atoms with Gasteiger partial charge in [0.05, 0.1) is 24.5 Å². The monoisotopic (exact) mass is 259 g/mol. The number of hydrogen-bond acceptors (Lipinski definition) is 5. The normalized spacial score (nSPS) is 18.7. The molecule has 0 spiro atoms. The molecular formula is C13H17N5O. The van der Waals surface area contributed by atoms with Gasteiger partial charge >= 0.3 is 0 Å². The number of aromatic amines is 1. The Labute approximate surface area is 111 Å². The van der Waals surface area contributed by atoms with E-state index in [9.17, 15) is 0 Å². The van der Waals surface area contributed by atoms with Gasteiger partial charge in [-0.2, -0.15) is 5.10 Å². The molecule has 1 aliphatic rings. The molecule has 6 nitrogen and oxygen atoms in total. The van der Waals surface area contributed by atoms with Crippen LogP contribution in [0.15, 0.2) is 18.5 Å². The number of hydrogen-bond donors (Lipinski definition) is 2. The van der Waals surface area contributed by atoms with E-state index in [-0.39, 0.29) is 0 Å². The highest BCUT2D eigenvalue weighted by molar-refractivity contribution is 5.36. The van der Waals surface area contributed by atoms with E-state index in [1.807, 2.05) is 19.1 Å². The van der Waals surface area contributed by atoms with Crippen LogP contribution in [0.3, 0.4) is 0 Å². The molecule has 6 heteroatoms. The quantitative estimate of drug-likeness (QED) is 0.872. The average Bonchev–Trinajstić information content (AvgIpc) is 3.08. The third-order valence-electron chi connectivity index (χ3n) is 3.25. The third kappa shape index (κ3) is 2.90. The Morgan fingerprint density at radius 3 is 3.11 bits per heavy atom. The Balaban J connectivity index is 1.65. The van der Waals surface area contributed by atoms with Crippen molar-refractivity contribution in [3.63, 3.8) is 0 Å². The van der Waals surface area contributed by atoms with Crippen LogP contribution in [-0.2, 0) is 11.3 Å². The van der Waals surface area contributed by atoms with Crippen LogP contribution in [0, 0.1) is 6.92 Å². The summed E-state index contributed by atoms with van der Waals surface area (Å²) in [6.07, 6.45) is 2.64. The van der Waals surface area contributed by atoms with Crippen molar-refractivity contribution in [1.82, 2.24) is 20.2 Å². The predicted octanol–water partition coefficient (Wildman–Crippen LogP) is 1.62. The van der Waals surface area contributed by atoms with Gasteiger partial charge in [0.2, 0.25) is 0 Å². The van der Waals surface area contributed by atoms with E-state index in [0.29, 0.717) is 12.5 Å². The smallest absolute Gasteiger partial charge is 0.129 e. The zero-order valence-corrected chi connectivity index (χ0v) is 10.9. The van der Waals surface area contributed by atoms with Crippen molar-refractivity contribution in [2.45, 2.75) is 25.8 Å². The number of anilines is 1. The molecule has 0 saturated carbocycles. The Morgan fingerprint density at radius 1 is 1.42 bits per heavy atom. The van der Waals surface area contributed by atoms with E-state index >= 15 is 0 Å². The first-order valence-electron chi connectivity index (χ1n) is 6.46. The summed E-state index contributed by atoms with van der Waals surface area (Å²) in [5.41, 5.74) is 3.08. The van der Waals surface area contributed by atoms with Gasteiger partial charge in [-0.3, -0.25) is 5.10 Å². The van der Waals surface area contributed by atoms with Gasteiger partial charge in [-0.05, 0) is 19.4 Å². The first-order chi connectivity index (χ1) is 9.31. The molecule has 1 aliphatic heterocycles. The van der Waals surface area contributed by atoms with Gasteiger partial charge in [0.1, 0.15) is 12.1 Å². The van der Waals surface area contributed by atoms with Gasteiger partial charge in [0.25, 0.3) is 0 Å². The van der Waals surface area contributed by atoms with Gasteiger partial charge < -0.3 is 10.1 Å². The van der Waals surface area contributed by atoms with Gasteiger partial charge in [-0.25, -0.2) is 9.97 Å². The molecule has 3 rings (SSSR count). The second-order valence-corrected chi connectivity index (χ2v) is 4.78. The molecular weight excluding hydrogens is 242 g/mol. The topological polar surface area (TPSA) is 75.7 Å². The number of aromatic nitrogens is 4. The minimum absolute atomic E-state index is 0.399. The van der Waals surface area contributed by atoms with Gasteiger partial charge in [0.15, 0.2) is 0 Å². The number of aryl methyl sites for hydroxylation is 1. The second-order valence-electron chi connectivity index (χ2n) is 4.78. The molecule has 1 unspecified atom stereocenters. The molecule has 0 aromatic carbocycles. The first kappa shape index (κ1) is 12.1. The van der Waals surface area contributed by atoms with Crippen molar-refractivity contribution >= 4 is 5.82 Å². The summed E-state index contributed by atoms with van der Waals surface area (Å²) in [4.78, 5) is 8.56. The highest BCUT2D eigenvalue weighted by Gasteiger charge is 2.19. The average molecular weight is 259 g/mol. The first-order valence-corrected chi connectivity index (χ1v) is 6.46. The molecule has 0 radical (unpaired) electrons. The van der Waals surface area contributed by atoms with Crippen LogP contribution in [0.2, 0.25) is 0 Å². The molecule has 100 valence electrons. The zero-order chi connectivity index (χ0) is 13.1. The summed E-state index contributed by atoms with van der Waals surface area (Å²) in [7, 11) is 0. The maximum Gasteiger partial charge on any atom is 0.129 e. The van der Waals surface area contributed by atoms with Crippen molar-refractivity contribution < 1.29 is 4.74 Å². The lowest BCUT2D eigenvalue weighted by Crippen LogP contribution is -2.06. The molecule has 1 fully saturated rings. The zero-order valence-electron chi connectivity index (χ0n) is 10.9. The fraction of sp³-hybridized carbons (Fsp3) is 0.462. The van der Waals surface area contributed by atoms with Crippen LogP contribution < -0.4 is 5.32 Å².